The molecule has 4 rings (SSSR count). The smallest absolute Gasteiger partial charge is 0.343 e. The maximum atomic E-state index is 13.9. The van der Waals surface area contributed by atoms with E-state index in [0.29, 0.717) is 24.2 Å². The number of rotatable bonds is 4. The normalized spacial score (nSPS) is 13.4. The van der Waals surface area contributed by atoms with Crippen LogP contribution in [0.15, 0.2) is 90.3 Å². The lowest BCUT2D eigenvalue weighted by molar-refractivity contribution is 0.0735. The molecule has 4 heteroatoms. The second-order valence-corrected chi connectivity index (χ2v) is 7.47. The Morgan fingerprint density at radius 2 is 1.45 bits per heavy atom. The molecule has 3 aromatic rings. The Bertz CT molecular complexity index is 1210. The number of benzene rings is 3. The third-order valence-electron chi connectivity index (χ3n) is 5.31. The molecular weight excluding hydrogens is 389 g/mol. The predicted molar refractivity (Wildman–Crippen MR) is 119 cm³/mol. The summed E-state index contributed by atoms with van der Waals surface area (Å²) in [6.45, 7) is 2.04. The van der Waals surface area contributed by atoms with Crippen LogP contribution in [0.1, 0.15) is 34.3 Å². The summed E-state index contributed by atoms with van der Waals surface area (Å²) >= 11 is 0. The molecule has 3 nitrogen and oxygen atoms in total. The van der Waals surface area contributed by atoms with Gasteiger partial charge in [-0.15, -0.1) is 0 Å². The first-order valence-corrected chi connectivity index (χ1v) is 10.0. The molecule has 0 atom stereocenters. The van der Waals surface area contributed by atoms with Crippen LogP contribution in [0.2, 0.25) is 0 Å². The highest BCUT2D eigenvalue weighted by atomic mass is 19.1. The number of ether oxygens (including phenoxy) is 1. The maximum absolute atomic E-state index is 13.9. The fourth-order valence-corrected chi connectivity index (χ4v) is 3.48. The number of carbonyl (C=O) groups excluding carboxylic acids is 1. The van der Waals surface area contributed by atoms with Crippen molar-refractivity contribution < 1.29 is 13.9 Å². The van der Waals surface area contributed by atoms with E-state index in [2.05, 4.69) is 24.3 Å². The van der Waals surface area contributed by atoms with Gasteiger partial charge in [-0.05, 0) is 72.4 Å². The van der Waals surface area contributed by atoms with Crippen molar-refractivity contribution in [1.29, 1.82) is 5.26 Å². The summed E-state index contributed by atoms with van der Waals surface area (Å²) in [5, 5.41) is 8.89. The zero-order valence-corrected chi connectivity index (χ0v) is 17.1. The fraction of sp³-hybridized carbons (Fsp3) is 0.111. The van der Waals surface area contributed by atoms with Gasteiger partial charge in [-0.2, -0.15) is 5.26 Å². The number of nitrogens with zero attached hydrogens (tertiary/aromatic N) is 1. The molecule has 3 aromatic carbocycles. The number of halogens is 1. The van der Waals surface area contributed by atoms with Crippen molar-refractivity contribution >= 4 is 11.5 Å². The number of carbonyl (C=O) groups is 1. The van der Waals surface area contributed by atoms with Gasteiger partial charge in [0.15, 0.2) is 0 Å². The molecule has 0 saturated heterocycles. The van der Waals surface area contributed by atoms with Gasteiger partial charge in [0.1, 0.15) is 11.6 Å². The minimum atomic E-state index is -0.478. The van der Waals surface area contributed by atoms with Crippen LogP contribution in [0, 0.1) is 18.3 Å². The first-order chi connectivity index (χ1) is 15.0. The number of hydrogen-bond donors (Lipinski definition) is 0. The van der Waals surface area contributed by atoms with Crippen molar-refractivity contribution in [2.75, 3.05) is 0 Å². The van der Waals surface area contributed by atoms with Crippen LogP contribution in [0.5, 0.6) is 5.75 Å². The Kier molecular flexibility index (Phi) is 5.77. The van der Waals surface area contributed by atoms with Crippen LogP contribution < -0.4 is 4.74 Å². The third-order valence-corrected chi connectivity index (χ3v) is 5.31. The second-order valence-electron chi connectivity index (χ2n) is 7.47. The molecule has 0 amide bonds. The molecular formula is C27H20FNO2. The highest BCUT2D eigenvalue weighted by Crippen LogP contribution is 2.31. The zero-order chi connectivity index (χ0) is 21.8. The number of nitriles is 1. The molecule has 0 radical (unpaired) electrons. The van der Waals surface area contributed by atoms with E-state index >= 15 is 0 Å². The molecule has 0 aliphatic heterocycles. The summed E-state index contributed by atoms with van der Waals surface area (Å²) in [5.74, 6) is -0.498. The minimum Gasteiger partial charge on any atom is -0.423 e. The zero-order valence-electron chi connectivity index (χ0n) is 17.1. The average molecular weight is 409 g/mol. The SMILES string of the molecule is Cc1ccc(-c2ccc(C(=O)Oc3ccc(C4=CC(F)=C(C#N)CC4)cc3)cc2)cc1. The predicted octanol–water partition coefficient (Wildman–Crippen LogP) is 6.81. The summed E-state index contributed by atoms with van der Waals surface area (Å²) in [4.78, 5) is 12.5. The summed E-state index contributed by atoms with van der Waals surface area (Å²) in [6.07, 6.45) is 2.39. The van der Waals surface area contributed by atoms with Gasteiger partial charge in [0.2, 0.25) is 0 Å². The van der Waals surface area contributed by atoms with Crippen molar-refractivity contribution in [3.8, 4) is 22.9 Å². The molecule has 0 unspecified atom stereocenters. The molecule has 31 heavy (non-hydrogen) atoms. The number of aryl methyl sites for hydroxylation is 1. The fourth-order valence-electron chi connectivity index (χ4n) is 3.48. The van der Waals surface area contributed by atoms with E-state index < -0.39 is 11.8 Å². The second kappa shape index (κ2) is 8.81. The van der Waals surface area contributed by atoms with Crippen molar-refractivity contribution in [2.45, 2.75) is 19.8 Å². The molecule has 0 N–H and O–H groups in total. The van der Waals surface area contributed by atoms with E-state index in [1.807, 2.05) is 25.1 Å². The molecule has 0 bridgehead atoms. The lowest BCUT2D eigenvalue weighted by Crippen LogP contribution is -2.08. The first kappa shape index (κ1) is 20.3. The minimum absolute atomic E-state index is 0.183. The van der Waals surface area contributed by atoms with Gasteiger partial charge in [-0.3, -0.25) is 0 Å². The number of hydrogen-bond acceptors (Lipinski definition) is 3. The van der Waals surface area contributed by atoms with Gasteiger partial charge in [-0.25, -0.2) is 9.18 Å². The highest BCUT2D eigenvalue weighted by Gasteiger charge is 2.15. The van der Waals surface area contributed by atoms with Crippen molar-refractivity contribution in [2.24, 2.45) is 0 Å². The maximum Gasteiger partial charge on any atom is 0.343 e. The van der Waals surface area contributed by atoms with Crippen LogP contribution >= 0.6 is 0 Å². The van der Waals surface area contributed by atoms with Crippen LogP contribution in [0.3, 0.4) is 0 Å². The van der Waals surface area contributed by atoms with Gasteiger partial charge in [0.05, 0.1) is 17.2 Å². The van der Waals surface area contributed by atoms with E-state index in [9.17, 15) is 9.18 Å². The van der Waals surface area contributed by atoms with E-state index in [1.54, 1.807) is 36.4 Å². The van der Waals surface area contributed by atoms with Crippen LogP contribution in [0.25, 0.3) is 16.7 Å². The average Bonchev–Trinajstić information content (AvgIpc) is 2.80. The summed E-state index contributed by atoms with van der Waals surface area (Å²) < 4.78 is 19.4. The Morgan fingerprint density at radius 1 is 0.871 bits per heavy atom. The van der Waals surface area contributed by atoms with Crippen molar-refractivity contribution in [3.05, 3.63) is 107 Å². The lowest BCUT2D eigenvalue weighted by atomic mass is 9.93. The number of esters is 1. The lowest BCUT2D eigenvalue weighted by Gasteiger charge is -2.13. The highest BCUT2D eigenvalue weighted by molar-refractivity contribution is 5.91. The Labute approximate surface area is 180 Å². The number of allylic oxidation sites excluding steroid dienone is 4. The molecule has 1 aliphatic rings. The molecule has 152 valence electrons. The van der Waals surface area contributed by atoms with E-state index in [0.717, 1.165) is 22.3 Å². The summed E-state index contributed by atoms with van der Waals surface area (Å²) in [5.41, 5.74) is 5.63. The Balaban J connectivity index is 1.44. The van der Waals surface area contributed by atoms with Crippen molar-refractivity contribution in [3.63, 3.8) is 0 Å². The van der Waals surface area contributed by atoms with Gasteiger partial charge in [0, 0.05) is 0 Å². The van der Waals surface area contributed by atoms with Gasteiger partial charge in [0.25, 0.3) is 0 Å². The van der Waals surface area contributed by atoms with Gasteiger partial charge >= 0.3 is 5.97 Å². The molecule has 0 fully saturated rings. The Morgan fingerprint density at radius 3 is 2.03 bits per heavy atom. The molecule has 1 aliphatic carbocycles. The van der Waals surface area contributed by atoms with Crippen LogP contribution in [0.4, 0.5) is 4.39 Å². The quantitative estimate of drug-likeness (QED) is 0.351. The van der Waals surface area contributed by atoms with Gasteiger partial charge in [-0.1, -0.05) is 54.1 Å². The van der Waals surface area contributed by atoms with E-state index in [-0.39, 0.29) is 5.57 Å². The first-order valence-electron chi connectivity index (χ1n) is 10.0. The molecule has 0 saturated carbocycles. The van der Waals surface area contributed by atoms with Crippen molar-refractivity contribution in [1.82, 2.24) is 0 Å². The summed E-state index contributed by atoms with van der Waals surface area (Å²) in [6, 6.07) is 24.4. The van der Waals surface area contributed by atoms with Crippen LogP contribution in [-0.4, -0.2) is 5.97 Å². The third kappa shape index (κ3) is 4.62. The van der Waals surface area contributed by atoms with Crippen LogP contribution in [-0.2, 0) is 0 Å². The Hall–Kier alpha value is -3.97. The largest absolute Gasteiger partial charge is 0.423 e. The molecule has 0 aromatic heterocycles. The van der Waals surface area contributed by atoms with E-state index in [1.165, 1.54) is 11.6 Å². The molecule has 0 spiro atoms. The van der Waals surface area contributed by atoms with Gasteiger partial charge < -0.3 is 4.74 Å². The topological polar surface area (TPSA) is 50.1 Å². The monoisotopic (exact) mass is 409 g/mol. The van der Waals surface area contributed by atoms with E-state index in [4.69, 9.17) is 10.00 Å². The summed E-state index contributed by atoms with van der Waals surface area (Å²) in [7, 11) is 0. The molecule has 0 heterocycles. The standard InChI is InChI=1S/C27H20FNO2/c1-18-2-4-19(5-3-18)20-6-8-22(9-7-20)27(30)31-25-14-12-21(13-15-25)23-10-11-24(17-29)26(28)16-23/h2-9,12-16H,10-11H2,1H3.